The van der Waals surface area contributed by atoms with Gasteiger partial charge in [-0.15, -0.1) is 0 Å². The summed E-state index contributed by atoms with van der Waals surface area (Å²) >= 11 is 0. The SMILES string of the molecule is CCNS(=O)(=O)c1ccc(CCC(=O)N(Cc2ccc(OC)cc2)[C@@H](C(=O)NCC(C)C)c2ccccc2)cc1. The third kappa shape index (κ3) is 8.66. The lowest BCUT2D eigenvalue weighted by molar-refractivity contribution is -0.141. The predicted octanol–water partition coefficient (Wildman–Crippen LogP) is 4.47. The second kappa shape index (κ2) is 14.6. The van der Waals surface area contributed by atoms with Crippen molar-refractivity contribution in [2.75, 3.05) is 20.2 Å². The van der Waals surface area contributed by atoms with E-state index in [9.17, 15) is 18.0 Å². The van der Waals surface area contributed by atoms with Gasteiger partial charge in [-0.3, -0.25) is 9.59 Å². The molecule has 0 unspecified atom stereocenters. The van der Waals surface area contributed by atoms with Gasteiger partial charge in [0.2, 0.25) is 21.8 Å². The molecule has 0 fully saturated rings. The number of carbonyl (C=O) groups excluding carboxylic acids is 2. The zero-order valence-corrected chi connectivity index (χ0v) is 24.4. The molecule has 0 saturated carbocycles. The quantitative estimate of drug-likeness (QED) is 0.300. The number of carbonyl (C=O) groups is 2. The van der Waals surface area contributed by atoms with Gasteiger partial charge >= 0.3 is 0 Å². The Hall–Kier alpha value is -3.69. The smallest absolute Gasteiger partial charge is 0.247 e. The summed E-state index contributed by atoms with van der Waals surface area (Å²) in [5.74, 6) is 0.536. The van der Waals surface area contributed by atoms with Crippen LogP contribution >= 0.6 is 0 Å². The number of nitrogens with one attached hydrogen (secondary N) is 2. The van der Waals surface area contributed by atoms with Crippen molar-refractivity contribution in [1.29, 1.82) is 0 Å². The normalized spacial score (nSPS) is 12.1. The maximum atomic E-state index is 13.8. The summed E-state index contributed by atoms with van der Waals surface area (Å²) in [7, 11) is -1.96. The Balaban J connectivity index is 1.89. The monoisotopic (exact) mass is 565 g/mol. The lowest BCUT2D eigenvalue weighted by atomic mass is 10.0. The number of amides is 2. The van der Waals surface area contributed by atoms with E-state index < -0.39 is 16.1 Å². The zero-order valence-electron chi connectivity index (χ0n) is 23.6. The fraction of sp³-hybridized carbons (Fsp3) is 0.355. The number of hydrogen-bond donors (Lipinski definition) is 2. The molecule has 0 aliphatic heterocycles. The number of ether oxygens (including phenoxy) is 1. The molecule has 2 amide bonds. The Bertz CT molecular complexity index is 1340. The second-order valence-corrected chi connectivity index (χ2v) is 11.7. The fourth-order valence-corrected chi connectivity index (χ4v) is 5.31. The highest BCUT2D eigenvalue weighted by molar-refractivity contribution is 7.89. The molecule has 0 radical (unpaired) electrons. The summed E-state index contributed by atoms with van der Waals surface area (Å²) in [6.07, 6.45) is 0.546. The summed E-state index contributed by atoms with van der Waals surface area (Å²) in [6, 6.07) is 22.4. The molecule has 40 heavy (non-hydrogen) atoms. The molecule has 1 atom stereocenters. The highest BCUT2D eigenvalue weighted by Crippen LogP contribution is 2.26. The van der Waals surface area contributed by atoms with Crippen molar-refractivity contribution in [3.8, 4) is 5.75 Å². The van der Waals surface area contributed by atoms with Gasteiger partial charge in [-0.1, -0.05) is 75.4 Å². The molecule has 3 aromatic carbocycles. The summed E-state index contributed by atoms with van der Waals surface area (Å²) in [6.45, 7) is 6.79. The lowest BCUT2D eigenvalue weighted by Gasteiger charge is -2.32. The van der Waals surface area contributed by atoms with Crippen molar-refractivity contribution >= 4 is 21.8 Å². The predicted molar refractivity (Wildman–Crippen MR) is 156 cm³/mol. The molecule has 0 aliphatic rings. The molecule has 0 saturated heterocycles. The van der Waals surface area contributed by atoms with Gasteiger partial charge in [0.1, 0.15) is 11.8 Å². The first kappa shape index (κ1) is 30.8. The van der Waals surface area contributed by atoms with E-state index in [-0.39, 0.29) is 35.6 Å². The van der Waals surface area contributed by atoms with Crippen molar-refractivity contribution in [1.82, 2.24) is 14.9 Å². The van der Waals surface area contributed by atoms with Crippen LogP contribution in [0.1, 0.15) is 49.9 Å². The van der Waals surface area contributed by atoms with Crippen LogP contribution in [0, 0.1) is 5.92 Å². The molecule has 2 N–H and O–H groups in total. The molecule has 9 heteroatoms. The van der Waals surface area contributed by atoms with Crippen LogP contribution < -0.4 is 14.8 Å². The number of sulfonamides is 1. The molecule has 0 heterocycles. The van der Waals surface area contributed by atoms with E-state index in [0.29, 0.717) is 25.3 Å². The second-order valence-electron chi connectivity index (χ2n) is 9.97. The molecule has 3 rings (SSSR count). The van der Waals surface area contributed by atoms with Crippen LogP contribution in [-0.4, -0.2) is 45.3 Å². The van der Waals surface area contributed by atoms with Gasteiger partial charge in [0.25, 0.3) is 0 Å². The van der Waals surface area contributed by atoms with Crippen molar-refractivity contribution in [3.63, 3.8) is 0 Å². The fourth-order valence-electron chi connectivity index (χ4n) is 4.26. The van der Waals surface area contributed by atoms with E-state index in [1.807, 2.05) is 68.4 Å². The molecular weight excluding hydrogens is 526 g/mol. The van der Waals surface area contributed by atoms with Crippen LogP contribution in [0.15, 0.2) is 83.8 Å². The van der Waals surface area contributed by atoms with E-state index in [4.69, 9.17) is 4.74 Å². The maximum Gasteiger partial charge on any atom is 0.247 e. The van der Waals surface area contributed by atoms with Crippen molar-refractivity contribution < 1.29 is 22.7 Å². The van der Waals surface area contributed by atoms with E-state index >= 15 is 0 Å². The molecule has 0 spiro atoms. The number of rotatable bonds is 14. The molecule has 8 nitrogen and oxygen atoms in total. The number of methoxy groups -OCH3 is 1. The first-order valence-electron chi connectivity index (χ1n) is 13.5. The lowest BCUT2D eigenvalue weighted by Crippen LogP contribution is -2.44. The Labute approximate surface area is 237 Å². The molecule has 0 aromatic heterocycles. The highest BCUT2D eigenvalue weighted by Gasteiger charge is 2.31. The highest BCUT2D eigenvalue weighted by atomic mass is 32.2. The van der Waals surface area contributed by atoms with Crippen molar-refractivity contribution in [2.45, 2.75) is 51.1 Å². The largest absolute Gasteiger partial charge is 0.497 e. The van der Waals surface area contributed by atoms with Crippen LogP contribution in [0.4, 0.5) is 0 Å². The number of benzene rings is 3. The van der Waals surface area contributed by atoms with E-state index in [1.54, 1.807) is 43.2 Å². The van der Waals surface area contributed by atoms with E-state index in [2.05, 4.69) is 10.0 Å². The molecule has 214 valence electrons. The van der Waals surface area contributed by atoms with Crippen LogP contribution in [-0.2, 0) is 32.6 Å². The summed E-state index contributed by atoms with van der Waals surface area (Å²) in [5, 5.41) is 3.01. The van der Waals surface area contributed by atoms with E-state index in [0.717, 1.165) is 16.7 Å². The molecule has 0 aliphatic carbocycles. The maximum absolute atomic E-state index is 13.8. The third-order valence-corrected chi connectivity index (χ3v) is 7.95. The topological polar surface area (TPSA) is 105 Å². The van der Waals surface area contributed by atoms with Gasteiger partial charge in [-0.25, -0.2) is 13.1 Å². The van der Waals surface area contributed by atoms with Gasteiger partial charge in [-0.05, 0) is 53.3 Å². The number of nitrogens with zero attached hydrogens (tertiary/aromatic N) is 1. The first-order chi connectivity index (χ1) is 19.1. The number of aryl methyl sites for hydroxylation is 1. The van der Waals surface area contributed by atoms with Crippen LogP contribution in [0.3, 0.4) is 0 Å². The van der Waals surface area contributed by atoms with Gasteiger partial charge < -0.3 is 15.0 Å². The van der Waals surface area contributed by atoms with Crippen LogP contribution in [0.25, 0.3) is 0 Å². The minimum absolute atomic E-state index is 0.149. The Morgan fingerprint density at radius 2 is 1.52 bits per heavy atom. The van der Waals surface area contributed by atoms with Gasteiger partial charge in [0.05, 0.1) is 12.0 Å². The Morgan fingerprint density at radius 3 is 2.10 bits per heavy atom. The third-order valence-electron chi connectivity index (χ3n) is 6.39. The zero-order chi connectivity index (χ0) is 29.1. The Morgan fingerprint density at radius 1 is 0.900 bits per heavy atom. The molecular formula is C31H39N3O5S. The minimum Gasteiger partial charge on any atom is -0.497 e. The summed E-state index contributed by atoms with van der Waals surface area (Å²) < 4.78 is 32.3. The first-order valence-corrected chi connectivity index (χ1v) is 15.0. The standard InChI is InChI=1S/C31H39N3O5S/c1-5-33-40(37,38)28-18-13-24(14-19-28)15-20-29(35)34(22-25-11-16-27(39-4)17-12-25)30(26-9-7-6-8-10-26)31(36)32-21-23(2)3/h6-14,16-19,23,30,33H,5,15,20-22H2,1-4H3,(H,32,36)/t30-/m1/s1. The average Bonchev–Trinajstić information content (AvgIpc) is 2.95. The van der Waals surface area contributed by atoms with Crippen LogP contribution in [0.2, 0.25) is 0 Å². The molecule has 3 aromatic rings. The summed E-state index contributed by atoms with van der Waals surface area (Å²) in [4.78, 5) is 29.2. The molecule has 0 bridgehead atoms. The average molecular weight is 566 g/mol. The van der Waals surface area contributed by atoms with E-state index in [1.165, 1.54) is 0 Å². The van der Waals surface area contributed by atoms with Gasteiger partial charge in [-0.2, -0.15) is 0 Å². The number of hydrogen-bond acceptors (Lipinski definition) is 5. The van der Waals surface area contributed by atoms with Gasteiger partial charge in [0.15, 0.2) is 0 Å². The Kier molecular flexibility index (Phi) is 11.3. The van der Waals surface area contributed by atoms with Crippen molar-refractivity contribution in [3.05, 3.63) is 95.6 Å². The minimum atomic E-state index is -3.55. The van der Waals surface area contributed by atoms with Gasteiger partial charge in [0, 0.05) is 26.1 Å². The van der Waals surface area contributed by atoms with Crippen molar-refractivity contribution in [2.24, 2.45) is 5.92 Å². The summed E-state index contributed by atoms with van der Waals surface area (Å²) in [5.41, 5.74) is 2.42. The van der Waals surface area contributed by atoms with Crippen LogP contribution in [0.5, 0.6) is 5.75 Å².